The van der Waals surface area contributed by atoms with E-state index in [-0.39, 0.29) is 5.69 Å². The van der Waals surface area contributed by atoms with Gasteiger partial charge in [-0.25, -0.2) is 9.18 Å². The van der Waals surface area contributed by atoms with Gasteiger partial charge in [-0.2, -0.15) is 13.2 Å². The number of carbonyl (C=O) groups excluding carboxylic acids is 1. The van der Waals surface area contributed by atoms with Crippen LogP contribution in [0, 0.1) is 5.82 Å². The minimum absolute atomic E-state index is 0.0559. The second-order valence-electron chi connectivity index (χ2n) is 2.93. The maximum absolute atomic E-state index is 13.0. The molecule has 0 amide bonds. The van der Waals surface area contributed by atoms with E-state index < -0.39 is 30.1 Å². The summed E-state index contributed by atoms with van der Waals surface area (Å²) in [6.07, 6.45) is -4.65. The average Bonchev–Trinajstić information content (AvgIpc) is 2.17. The first-order valence-corrected chi connectivity index (χ1v) is 4.08. The third-order valence-corrected chi connectivity index (χ3v) is 1.58. The molecule has 2 N–H and O–H groups in total. The number of ether oxygens (including phenoxy) is 1. The molecule has 0 aliphatic carbocycles. The Morgan fingerprint density at radius 3 is 2.56 bits per heavy atom. The average molecular weight is 237 g/mol. The second kappa shape index (κ2) is 4.38. The smallest absolute Gasteiger partial charge is 0.422 e. The van der Waals surface area contributed by atoms with Gasteiger partial charge in [0, 0.05) is 5.69 Å². The van der Waals surface area contributed by atoms with Crippen molar-refractivity contribution in [1.82, 2.24) is 0 Å². The lowest BCUT2D eigenvalue weighted by Crippen LogP contribution is -2.21. The lowest BCUT2D eigenvalue weighted by Gasteiger charge is -2.08. The van der Waals surface area contributed by atoms with Gasteiger partial charge in [0.05, 0.1) is 5.56 Å². The highest BCUT2D eigenvalue weighted by Crippen LogP contribution is 2.17. The summed E-state index contributed by atoms with van der Waals surface area (Å²) < 4.78 is 52.0. The molecule has 16 heavy (non-hydrogen) atoms. The van der Waals surface area contributed by atoms with Crippen LogP contribution in [0.1, 0.15) is 10.4 Å². The normalized spacial score (nSPS) is 11.2. The van der Waals surface area contributed by atoms with Gasteiger partial charge in [0.25, 0.3) is 0 Å². The molecular weight excluding hydrogens is 230 g/mol. The molecule has 0 radical (unpaired) electrons. The Hall–Kier alpha value is -1.79. The number of esters is 1. The van der Waals surface area contributed by atoms with Gasteiger partial charge in [0.1, 0.15) is 5.82 Å². The topological polar surface area (TPSA) is 52.3 Å². The first-order chi connectivity index (χ1) is 7.29. The third kappa shape index (κ3) is 3.41. The number of hydrogen-bond donors (Lipinski definition) is 1. The quantitative estimate of drug-likeness (QED) is 0.487. The van der Waals surface area contributed by atoms with Gasteiger partial charge >= 0.3 is 12.1 Å². The first-order valence-electron chi connectivity index (χ1n) is 4.08. The predicted molar refractivity (Wildman–Crippen MR) is 47.1 cm³/mol. The van der Waals surface area contributed by atoms with E-state index in [9.17, 15) is 22.4 Å². The summed E-state index contributed by atoms with van der Waals surface area (Å²) in [4.78, 5) is 11.0. The van der Waals surface area contributed by atoms with Crippen molar-refractivity contribution in [3.63, 3.8) is 0 Å². The monoisotopic (exact) mass is 237 g/mol. The number of anilines is 1. The van der Waals surface area contributed by atoms with E-state index in [1.165, 1.54) is 6.07 Å². The Kier molecular flexibility index (Phi) is 3.36. The lowest BCUT2D eigenvalue weighted by atomic mass is 10.2. The zero-order chi connectivity index (χ0) is 12.3. The van der Waals surface area contributed by atoms with Crippen LogP contribution >= 0.6 is 0 Å². The second-order valence-corrected chi connectivity index (χ2v) is 2.93. The zero-order valence-corrected chi connectivity index (χ0v) is 7.84. The Bertz CT molecular complexity index is 403. The molecule has 0 unspecified atom stereocenters. The van der Waals surface area contributed by atoms with Crippen LogP contribution in [-0.2, 0) is 4.74 Å². The molecule has 0 aromatic heterocycles. The van der Waals surface area contributed by atoms with Crippen LogP contribution < -0.4 is 5.73 Å². The highest BCUT2D eigenvalue weighted by Gasteiger charge is 2.30. The van der Waals surface area contributed by atoms with Crippen molar-refractivity contribution >= 4 is 11.7 Å². The van der Waals surface area contributed by atoms with Gasteiger partial charge in [-0.3, -0.25) is 0 Å². The molecule has 0 bridgehead atoms. The maximum atomic E-state index is 13.0. The summed E-state index contributed by atoms with van der Waals surface area (Å²) in [5.74, 6) is -2.39. The molecule has 0 heterocycles. The van der Waals surface area contributed by atoms with Crippen molar-refractivity contribution < 1.29 is 27.1 Å². The van der Waals surface area contributed by atoms with Gasteiger partial charge in [-0.05, 0) is 18.2 Å². The number of hydrogen-bond acceptors (Lipinski definition) is 3. The fourth-order valence-electron chi connectivity index (χ4n) is 0.924. The number of alkyl halides is 3. The molecular formula is C9H7F4NO2. The van der Waals surface area contributed by atoms with E-state index in [2.05, 4.69) is 4.74 Å². The summed E-state index contributed by atoms with van der Waals surface area (Å²) in [5.41, 5.74) is 4.69. The van der Waals surface area contributed by atoms with E-state index >= 15 is 0 Å². The molecule has 0 saturated heterocycles. The molecule has 1 rings (SSSR count). The van der Waals surface area contributed by atoms with Crippen LogP contribution in [0.2, 0.25) is 0 Å². The molecule has 0 aliphatic rings. The summed E-state index contributed by atoms with van der Waals surface area (Å²) in [7, 11) is 0. The summed E-state index contributed by atoms with van der Waals surface area (Å²) >= 11 is 0. The van der Waals surface area contributed by atoms with Crippen LogP contribution in [-0.4, -0.2) is 18.8 Å². The zero-order valence-electron chi connectivity index (χ0n) is 7.84. The summed E-state index contributed by atoms with van der Waals surface area (Å²) in [6, 6.07) is 2.96. The Labute approximate surface area is 87.8 Å². The van der Waals surface area contributed by atoms with E-state index in [0.29, 0.717) is 0 Å². The minimum Gasteiger partial charge on any atom is -0.452 e. The molecule has 88 valence electrons. The first kappa shape index (κ1) is 12.3. The summed E-state index contributed by atoms with van der Waals surface area (Å²) in [5, 5.41) is 0. The van der Waals surface area contributed by atoms with E-state index in [1.807, 2.05) is 0 Å². The van der Waals surface area contributed by atoms with Crippen LogP contribution in [0.5, 0.6) is 0 Å². The molecule has 7 heteroatoms. The van der Waals surface area contributed by atoms with Crippen LogP contribution in [0.3, 0.4) is 0 Å². The Morgan fingerprint density at radius 1 is 1.38 bits per heavy atom. The number of halogens is 4. The van der Waals surface area contributed by atoms with Gasteiger partial charge in [0.15, 0.2) is 6.61 Å². The van der Waals surface area contributed by atoms with Crippen molar-refractivity contribution in [3.8, 4) is 0 Å². The molecule has 3 nitrogen and oxygen atoms in total. The van der Waals surface area contributed by atoms with Gasteiger partial charge in [-0.1, -0.05) is 0 Å². The molecule has 0 aliphatic heterocycles. The number of rotatable bonds is 2. The Morgan fingerprint density at radius 2 is 2.00 bits per heavy atom. The number of carbonyl (C=O) groups is 1. The fourth-order valence-corrected chi connectivity index (χ4v) is 0.924. The van der Waals surface area contributed by atoms with Crippen LogP contribution in [0.15, 0.2) is 18.2 Å². The highest BCUT2D eigenvalue weighted by molar-refractivity contribution is 5.90. The number of nitrogens with two attached hydrogens (primary N) is 1. The van der Waals surface area contributed by atoms with E-state index in [4.69, 9.17) is 5.73 Å². The molecule has 0 spiro atoms. The Balaban J connectivity index is 2.77. The van der Waals surface area contributed by atoms with Crippen molar-refractivity contribution in [3.05, 3.63) is 29.6 Å². The van der Waals surface area contributed by atoms with E-state index in [1.54, 1.807) is 0 Å². The van der Waals surface area contributed by atoms with Gasteiger partial charge < -0.3 is 10.5 Å². The van der Waals surface area contributed by atoms with Crippen molar-refractivity contribution in [2.45, 2.75) is 6.18 Å². The van der Waals surface area contributed by atoms with Gasteiger partial charge in [-0.15, -0.1) is 0 Å². The number of benzene rings is 1. The van der Waals surface area contributed by atoms with Crippen molar-refractivity contribution in [2.75, 3.05) is 12.3 Å². The van der Waals surface area contributed by atoms with Crippen LogP contribution in [0.4, 0.5) is 23.2 Å². The molecule has 0 fully saturated rings. The van der Waals surface area contributed by atoms with Crippen molar-refractivity contribution in [1.29, 1.82) is 0 Å². The van der Waals surface area contributed by atoms with E-state index in [0.717, 1.165) is 12.1 Å². The molecule has 1 aromatic rings. The molecule has 1 aromatic carbocycles. The highest BCUT2D eigenvalue weighted by atomic mass is 19.4. The van der Waals surface area contributed by atoms with Crippen molar-refractivity contribution in [2.24, 2.45) is 0 Å². The standard InChI is InChI=1S/C9H7F4NO2/c10-7-2-1-5(14)3-6(7)8(15)16-4-9(11,12)13/h1-3H,4,14H2. The van der Waals surface area contributed by atoms with Crippen LogP contribution in [0.25, 0.3) is 0 Å². The van der Waals surface area contributed by atoms with Gasteiger partial charge in [0.2, 0.25) is 0 Å². The third-order valence-electron chi connectivity index (χ3n) is 1.58. The number of nitrogen functional groups attached to an aromatic ring is 1. The predicted octanol–water partition coefficient (Wildman–Crippen LogP) is 2.13. The molecule has 0 atom stereocenters. The maximum Gasteiger partial charge on any atom is 0.422 e. The SMILES string of the molecule is Nc1ccc(F)c(C(=O)OCC(F)(F)F)c1. The minimum atomic E-state index is -4.65. The molecule has 0 saturated carbocycles. The lowest BCUT2D eigenvalue weighted by molar-refractivity contribution is -0.161. The fraction of sp³-hybridized carbons (Fsp3) is 0.222. The summed E-state index contributed by atoms with van der Waals surface area (Å²) in [6.45, 7) is -1.76. The largest absolute Gasteiger partial charge is 0.452 e.